The van der Waals surface area contributed by atoms with Crippen LogP contribution in [0.1, 0.15) is 46.0 Å². The summed E-state index contributed by atoms with van der Waals surface area (Å²) in [6.45, 7) is 8.74. The Balaban J connectivity index is 1.99. The maximum Gasteiger partial charge on any atom is -0.00162 e. The fourth-order valence-electron chi connectivity index (χ4n) is 2.05. The molecule has 72 valence electrons. The molecular weight excluding hydrogens is 146 g/mol. The summed E-state index contributed by atoms with van der Waals surface area (Å²) in [7, 11) is 0. The lowest BCUT2D eigenvalue weighted by Crippen LogP contribution is -2.21. The van der Waals surface area contributed by atoms with Crippen molar-refractivity contribution in [3.05, 3.63) is 0 Å². The van der Waals surface area contributed by atoms with Crippen molar-refractivity contribution in [3.63, 3.8) is 0 Å². The van der Waals surface area contributed by atoms with Crippen molar-refractivity contribution in [1.29, 1.82) is 0 Å². The molecule has 1 rings (SSSR count). The Bertz CT molecular complexity index is 106. The molecule has 0 aromatic rings. The van der Waals surface area contributed by atoms with Crippen molar-refractivity contribution >= 4 is 0 Å². The van der Waals surface area contributed by atoms with Crippen LogP contribution in [0.5, 0.6) is 0 Å². The van der Waals surface area contributed by atoms with Gasteiger partial charge in [0.15, 0.2) is 0 Å². The molecule has 1 heterocycles. The highest BCUT2D eigenvalue weighted by atomic mass is 15.1. The Labute approximate surface area is 77.1 Å². The summed E-state index contributed by atoms with van der Waals surface area (Å²) in [6.07, 6.45) is 7.03. The highest BCUT2D eigenvalue weighted by molar-refractivity contribution is 4.67. The molecule has 0 spiro atoms. The molecule has 0 aliphatic carbocycles. The molecule has 1 aliphatic rings. The third kappa shape index (κ3) is 3.57. The molecule has 1 atom stereocenters. The predicted octanol–water partition coefficient (Wildman–Crippen LogP) is 2.91. The number of likely N-dealkylation sites (tertiary alicyclic amines) is 1. The third-order valence-corrected chi connectivity index (χ3v) is 2.92. The predicted molar refractivity (Wildman–Crippen MR) is 54.4 cm³/mol. The van der Waals surface area contributed by atoms with Crippen LogP contribution in [0.25, 0.3) is 0 Å². The van der Waals surface area contributed by atoms with Crippen molar-refractivity contribution in [2.75, 3.05) is 19.6 Å². The van der Waals surface area contributed by atoms with Gasteiger partial charge in [-0.05, 0) is 44.8 Å². The quantitative estimate of drug-likeness (QED) is 0.611. The topological polar surface area (TPSA) is 3.24 Å². The van der Waals surface area contributed by atoms with Gasteiger partial charge in [0.25, 0.3) is 0 Å². The third-order valence-electron chi connectivity index (χ3n) is 2.92. The summed E-state index contributed by atoms with van der Waals surface area (Å²) in [5.74, 6) is 0.940. The number of nitrogens with zero attached hydrogens (tertiary/aromatic N) is 1. The Morgan fingerprint density at radius 1 is 1.17 bits per heavy atom. The highest BCUT2D eigenvalue weighted by Gasteiger charge is 2.11. The van der Waals surface area contributed by atoms with E-state index in [-0.39, 0.29) is 0 Å². The van der Waals surface area contributed by atoms with Gasteiger partial charge in [0, 0.05) is 0 Å². The van der Waals surface area contributed by atoms with Gasteiger partial charge in [-0.1, -0.05) is 26.7 Å². The number of rotatable bonds is 5. The fraction of sp³-hybridized carbons (Fsp3) is 1.00. The Hall–Kier alpha value is -0.0400. The maximum absolute atomic E-state index is 2.62. The van der Waals surface area contributed by atoms with E-state index in [1.54, 1.807) is 0 Å². The van der Waals surface area contributed by atoms with Crippen LogP contribution < -0.4 is 0 Å². The van der Waals surface area contributed by atoms with Crippen LogP contribution in [0.4, 0.5) is 0 Å². The molecule has 1 aliphatic heterocycles. The Kier molecular flexibility index (Phi) is 4.67. The van der Waals surface area contributed by atoms with Gasteiger partial charge in [-0.3, -0.25) is 0 Å². The summed E-state index contributed by atoms with van der Waals surface area (Å²) in [5, 5.41) is 0. The van der Waals surface area contributed by atoms with E-state index in [2.05, 4.69) is 18.7 Å². The zero-order chi connectivity index (χ0) is 8.81. The second-order valence-corrected chi connectivity index (χ2v) is 4.23. The van der Waals surface area contributed by atoms with Gasteiger partial charge >= 0.3 is 0 Å². The van der Waals surface area contributed by atoms with Gasteiger partial charge in [0.2, 0.25) is 0 Å². The van der Waals surface area contributed by atoms with E-state index in [1.165, 1.54) is 51.7 Å². The molecular formula is C11H23N. The van der Waals surface area contributed by atoms with E-state index in [4.69, 9.17) is 0 Å². The zero-order valence-corrected chi connectivity index (χ0v) is 8.68. The lowest BCUT2D eigenvalue weighted by Gasteiger charge is -2.17. The molecule has 0 saturated carbocycles. The van der Waals surface area contributed by atoms with Gasteiger partial charge in [-0.25, -0.2) is 0 Å². The lowest BCUT2D eigenvalue weighted by molar-refractivity contribution is 0.302. The van der Waals surface area contributed by atoms with Gasteiger partial charge in [-0.2, -0.15) is 0 Å². The molecule has 1 saturated heterocycles. The molecule has 1 unspecified atom stereocenters. The van der Waals surface area contributed by atoms with Crippen LogP contribution in [-0.2, 0) is 0 Å². The molecule has 1 heteroatoms. The zero-order valence-electron chi connectivity index (χ0n) is 8.68. The van der Waals surface area contributed by atoms with E-state index >= 15 is 0 Å². The van der Waals surface area contributed by atoms with E-state index in [0.29, 0.717) is 0 Å². The van der Waals surface area contributed by atoms with E-state index in [9.17, 15) is 0 Å². The number of hydrogen-bond acceptors (Lipinski definition) is 1. The lowest BCUT2D eigenvalue weighted by atomic mass is 10.0. The van der Waals surface area contributed by atoms with Crippen LogP contribution in [0.15, 0.2) is 0 Å². The fourth-order valence-corrected chi connectivity index (χ4v) is 2.05. The minimum Gasteiger partial charge on any atom is -0.303 e. The van der Waals surface area contributed by atoms with Crippen molar-refractivity contribution in [3.8, 4) is 0 Å². The first-order valence-corrected chi connectivity index (χ1v) is 5.55. The minimum absolute atomic E-state index is 0.940. The first-order chi connectivity index (χ1) is 5.83. The molecule has 1 nitrogen and oxygen atoms in total. The van der Waals surface area contributed by atoms with Gasteiger partial charge in [0.1, 0.15) is 0 Å². The normalized spacial score (nSPS) is 21.5. The average Bonchev–Trinajstić information content (AvgIpc) is 2.53. The van der Waals surface area contributed by atoms with Crippen LogP contribution in [0, 0.1) is 5.92 Å². The van der Waals surface area contributed by atoms with Gasteiger partial charge in [0.05, 0.1) is 0 Å². The molecule has 12 heavy (non-hydrogen) atoms. The Morgan fingerprint density at radius 3 is 2.42 bits per heavy atom. The molecule has 1 fully saturated rings. The summed E-state index contributed by atoms with van der Waals surface area (Å²) >= 11 is 0. The number of hydrogen-bond donors (Lipinski definition) is 0. The van der Waals surface area contributed by atoms with Crippen molar-refractivity contribution in [1.82, 2.24) is 4.90 Å². The van der Waals surface area contributed by atoms with Crippen molar-refractivity contribution in [2.24, 2.45) is 5.92 Å². The van der Waals surface area contributed by atoms with Crippen molar-refractivity contribution < 1.29 is 0 Å². The summed E-state index contributed by atoms with van der Waals surface area (Å²) in [5.41, 5.74) is 0. The van der Waals surface area contributed by atoms with Gasteiger partial charge < -0.3 is 4.90 Å². The second-order valence-electron chi connectivity index (χ2n) is 4.23. The Morgan fingerprint density at radius 2 is 1.83 bits per heavy atom. The average molecular weight is 169 g/mol. The smallest absolute Gasteiger partial charge is 0.00162 e. The van der Waals surface area contributed by atoms with Gasteiger partial charge in [-0.15, -0.1) is 0 Å². The minimum atomic E-state index is 0.940. The second kappa shape index (κ2) is 5.58. The standard InChI is InChI=1S/C11H23N/c1-3-6-11(2)7-10-12-8-4-5-9-12/h11H,3-10H2,1-2H3. The van der Waals surface area contributed by atoms with E-state index in [0.717, 1.165) is 5.92 Å². The largest absolute Gasteiger partial charge is 0.303 e. The summed E-state index contributed by atoms with van der Waals surface area (Å²) in [4.78, 5) is 2.62. The molecule has 0 amide bonds. The first kappa shape index (κ1) is 10.0. The van der Waals surface area contributed by atoms with Crippen LogP contribution in [-0.4, -0.2) is 24.5 Å². The highest BCUT2D eigenvalue weighted by Crippen LogP contribution is 2.13. The van der Waals surface area contributed by atoms with E-state index < -0.39 is 0 Å². The molecule has 0 aromatic heterocycles. The van der Waals surface area contributed by atoms with Crippen LogP contribution >= 0.6 is 0 Å². The summed E-state index contributed by atoms with van der Waals surface area (Å²) < 4.78 is 0. The molecule has 0 N–H and O–H groups in total. The molecule has 0 radical (unpaired) electrons. The van der Waals surface area contributed by atoms with Crippen molar-refractivity contribution in [2.45, 2.75) is 46.0 Å². The monoisotopic (exact) mass is 169 g/mol. The molecule has 0 aromatic carbocycles. The SMILES string of the molecule is CCCC(C)CCN1CCCC1. The molecule has 0 bridgehead atoms. The maximum atomic E-state index is 2.62. The van der Waals surface area contributed by atoms with E-state index in [1.807, 2.05) is 0 Å². The first-order valence-electron chi connectivity index (χ1n) is 5.55. The van der Waals surface area contributed by atoms with Crippen LogP contribution in [0.3, 0.4) is 0 Å². The summed E-state index contributed by atoms with van der Waals surface area (Å²) in [6, 6.07) is 0. The van der Waals surface area contributed by atoms with Crippen LogP contribution in [0.2, 0.25) is 0 Å².